The number of benzene rings is 2. The summed E-state index contributed by atoms with van der Waals surface area (Å²) in [5, 5.41) is 2.89. The summed E-state index contributed by atoms with van der Waals surface area (Å²) in [6, 6.07) is 12.1. The minimum Gasteiger partial charge on any atom is -0.491 e. The summed E-state index contributed by atoms with van der Waals surface area (Å²) < 4.78 is 32.2. The molecule has 30 heavy (non-hydrogen) atoms. The first kappa shape index (κ1) is 23.7. The molecular weight excluding hydrogens is 400 g/mol. The van der Waals surface area contributed by atoms with Gasteiger partial charge in [0, 0.05) is 0 Å². The van der Waals surface area contributed by atoms with Crippen molar-refractivity contribution in [1.82, 2.24) is 5.32 Å². The highest BCUT2D eigenvalue weighted by Crippen LogP contribution is 2.25. The molecule has 7 heteroatoms. The van der Waals surface area contributed by atoms with E-state index in [2.05, 4.69) is 5.32 Å². The lowest BCUT2D eigenvalue weighted by atomic mass is 10.1. The van der Waals surface area contributed by atoms with Crippen molar-refractivity contribution < 1.29 is 17.9 Å². The maximum absolute atomic E-state index is 13.0. The van der Waals surface area contributed by atoms with Crippen LogP contribution in [-0.4, -0.2) is 39.3 Å². The van der Waals surface area contributed by atoms with Gasteiger partial charge < -0.3 is 10.1 Å². The van der Waals surface area contributed by atoms with E-state index in [4.69, 9.17) is 4.74 Å². The fraction of sp³-hybridized carbons (Fsp3) is 0.435. The van der Waals surface area contributed by atoms with Gasteiger partial charge >= 0.3 is 0 Å². The normalized spacial score (nSPS) is 13.4. The zero-order valence-electron chi connectivity index (χ0n) is 18.6. The van der Waals surface area contributed by atoms with Crippen LogP contribution in [0.4, 0.5) is 5.69 Å². The number of rotatable bonds is 9. The van der Waals surface area contributed by atoms with Crippen LogP contribution in [0.15, 0.2) is 42.5 Å². The molecule has 6 nitrogen and oxygen atoms in total. The number of ether oxygens (including phenoxy) is 1. The van der Waals surface area contributed by atoms with E-state index in [9.17, 15) is 13.2 Å². The maximum Gasteiger partial charge on any atom is 0.244 e. The zero-order valence-corrected chi connectivity index (χ0v) is 19.4. The smallest absolute Gasteiger partial charge is 0.244 e. The Morgan fingerprint density at radius 2 is 1.60 bits per heavy atom. The molecule has 0 aliphatic carbocycles. The zero-order chi connectivity index (χ0) is 22.5. The SMILES string of the molecule is CCC(C(=O)NC(C)COc1ccc(C)cc1)N(c1cc(C)cc(C)c1)S(C)(=O)=O. The number of hydrogen-bond donors (Lipinski definition) is 1. The van der Waals surface area contributed by atoms with Gasteiger partial charge in [0.15, 0.2) is 0 Å². The van der Waals surface area contributed by atoms with E-state index in [1.165, 1.54) is 4.31 Å². The van der Waals surface area contributed by atoms with E-state index >= 15 is 0 Å². The third-order valence-corrected chi connectivity index (χ3v) is 5.88. The van der Waals surface area contributed by atoms with Crippen molar-refractivity contribution in [3.8, 4) is 5.75 Å². The summed E-state index contributed by atoms with van der Waals surface area (Å²) in [7, 11) is -3.66. The highest BCUT2D eigenvalue weighted by atomic mass is 32.2. The lowest BCUT2D eigenvalue weighted by molar-refractivity contribution is -0.123. The number of aryl methyl sites for hydroxylation is 3. The number of nitrogens with one attached hydrogen (secondary N) is 1. The Kier molecular flexibility index (Phi) is 7.89. The predicted octanol–water partition coefficient (Wildman–Crippen LogP) is 3.74. The molecule has 1 amide bonds. The average molecular weight is 433 g/mol. The van der Waals surface area contributed by atoms with Gasteiger partial charge in [0.05, 0.1) is 18.0 Å². The maximum atomic E-state index is 13.0. The first-order valence-electron chi connectivity index (χ1n) is 10.1. The van der Waals surface area contributed by atoms with Crippen molar-refractivity contribution in [1.29, 1.82) is 0 Å². The molecule has 0 spiro atoms. The predicted molar refractivity (Wildman–Crippen MR) is 122 cm³/mol. The molecule has 0 saturated heterocycles. The fourth-order valence-corrected chi connectivity index (χ4v) is 4.57. The van der Waals surface area contributed by atoms with E-state index in [1.54, 1.807) is 19.1 Å². The lowest BCUT2D eigenvalue weighted by Crippen LogP contribution is -2.52. The number of carbonyl (C=O) groups is 1. The van der Waals surface area contributed by atoms with E-state index in [1.807, 2.05) is 58.0 Å². The van der Waals surface area contributed by atoms with Gasteiger partial charge in [-0.25, -0.2) is 8.42 Å². The molecule has 2 rings (SSSR count). The molecule has 164 valence electrons. The molecular formula is C23H32N2O4S. The Hall–Kier alpha value is -2.54. The monoisotopic (exact) mass is 432 g/mol. The van der Waals surface area contributed by atoms with E-state index < -0.39 is 16.1 Å². The lowest BCUT2D eigenvalue weighted by Gasteiger charge is -2.31. The quantitative estimate of drug-likeness (QED) is 0.655. The molecule has 0 fully saturated rings. The van der Waals surface area contributed by atoms with Gasteiger partial charge in [-0.3, -0.25) is 9.10 Å². The number of amides is 1. The van der Waals surface area contributed by atoms with Crippen molar-refractivity contribution in [2.45, 2.75) is 53.1 Å². The molecule has 0 heterocycles. The molecule has 2 atom stereocenters. The van der Waals surface area contributed by atoms with Crippen molar-refractivity contribution in [2.24, 2.45) is 0 Å². The third-order valence-electron chi connectivity index (χ3n) is 4.70. The van der Waals surface area contributed by atoms with Crippen LogP contribution in [0.3, 0.4) is 0 Å². The summed E-state index contributed by atoms with van der Waals surface area (Å²) >= 11 is 0. The van der Waals surface area contributed by atoms with E-state index in [-0.39, 0.29) is 18.6 Å². The standard InChI is InChI=1S/C23H32N2O4S/c1-7-22(25(30(6,27)28)20-13-17(3)12-18(4)14-20)23(26)24-19(5)15-29-21-10-8-16(2)9-11-21/h8-14,19,22H,7,15H2,1-6H3,(H,24,26). The van der Waals surface area contributed by atoms with E-state index in [0.717, 1.165) is 28.7 Å². The largest absolute Gasteiger partial charge is 0.491 e. The molecule has 0 radical (unpaired) electrons. The second-order valence-corrected chi connectivity index (χ2v) is 9.72. The number of nitrogens with zero attached hydrogens (tertiary/aromatic N) is 1. The minimum atomic E-state index is -3.66. The highest BCUT2D eigenvalue weighted by molar-refractivity contribution is 7.92. The van der Waals surface area contributed by atoms with Gasteiger partial charge in [-0.2, -0.15) is 0 Å². The van der Waals surface area contributed by atoms with Crippen LogP contribution in [0.5, 0.6) is 5.75 Å². The second kappa shape index (κ2) is 9.98. The van der Waals surface area contributed by atoms with E-state index in [0.29, 0.717) is 12.1 Å². The third kappa shape index (κ3) is 6.49. The Labute approximate surface area is 180 Å². The van der Waals surface area contributed by atoms with Crippen LogP contribution in [0.1, 0.15) is 37.0 Å². The fourth-order valence-electron chi connectivity index (χ4n) is 3.37. The first-order chi connectivity index (χ1) is 14.0. The molecule has 0 aliphatic heterocycles. The topological polar surface area (TPSA) is 75.7 Å². The van der Waals surface area contributed by atoms with Crippen LogP contribution < -0.4 is 14.4 Å². The molecule has 2 aromatic carbocycles. The summed E-state index contributed by atoms with van der Waals surface area (Å²) in [5.74, 6) is 0.379. The molecule has 2 unspecified atom stereocenters. The molecule has 1 N–H and O–H groups in total. The Morgan fingerprint density at radius 1 is 1.03 bits per heavy atom. The molecule has 0 aliphatic rings. The van der Waals surface area contributed by atoms with Crippen molar-refractivity contribution in [3.63, 3.8) is 0 Å². The minimum absolute atomic E-state index is 0.284. The summed E-state index contributed by atoms with van der Waals surface area (Å²) in [6.07, 6.45) is 1.47. The number of anilines is 1. The summed E-state index contributed by atoms with van der Waals surface area (Å²) in [6.45, 7) is 9.73. The van der Waals surface area contributed by atoms with Crippen molar-refractivity contribution in [3.05, 3.63) is 59.2 Å². The first-order valence-corrected chi connectivity index (χ1v) is 11.9. The highest BCUT2D eigenvalue weighted by Gasteiger charge is 2.32. The van der Waals surface area contributed by atoms with Crippen molar-refractivity contribution >= 4 is 21.6 Å². The van der Waals surface area contributed by atoms with Gasteiger partial charge in [-0.1, -0.05) is 30.7 Å². The Morgan fingerprint density at radius 3 is 2.10 bits per heavy atom. The summed E-state index contributed by atoms with van der Waals surface area (Å²) in [4.78, 5) is 13.0. The number of hydrogen-bond acceptors (Lipinski definition) is 4. The Balaban J connectivity index is 2.15. The van der Waals surface area contributed by atoms with Crippen molar-refractivity contribution in [2.75, 3.05) is 17.2 Å². The molecule has 0 bridgehead atoms. The molecule has 0 saturated carbocycles. The average Bonchev–Trinajstić information content (AvgIpc) is 2.63. The number of sulfonamides is 1. The van der Waals surface area contributed by atoms with Crippen LogP contribution in [0.2, 0.25) is 0 Å². The Bertz CT molecular complexity index is 951. The summed E-state index contributed by atoms with van der Waals surface area (Å²) in [5.41, 5.74) is 3.52. The van der Waals surface area contributed by atoms with Gasteiger partial charge in [0.1, 0.15) is 18.4 Å². The van der Waals surface area contributed by atoms with Crippen LogP contribution in [0, 0.1) is 20.8 Å². The van der Waals surface area contributed by atoms with Gasteiger partial charge in [0.2, 0.25) is 15.9 Å². The molecule has 0 aromatic heterocycles. The number of carbonyl (C=O) groups excluding carboxylic acids is 1. The van der Waals surface area contributed by atoms with Crippen LogP contribution in [0.25, 0.3) is 0 Å². The van der Waals surface area contributed by atoms with Gasteiger partial charge in [-0.05, 0) is 69.5 Å². The molecule has 2 aromatic rings. The van der Waals surface area contributed by atoms with Gasteiger partial charge in [-0.15, -0.1) is 0 Å². The second-order valence-electron chi connectivity index (χ2n) is 7.86. The van der Waals surface area contributed by atoms with Gasteiger partial charge in [0.25, 0.3) is 0 Å². The van der Waals surface area contributed by atoms with Crippen LogP contribution in [-0.2, 0) is 14.8 Å². The van der Waals surface area contributed by atoms with Crippen LogP contribution >= 0.6 is 0 Å².